The van der Waals surface area contributed by atoms with Crippen molar-refractivity contribution in [3.8, 4) is 0 Å². The molecular formula is C20H24N4O3. The SMILES string of the molecule is C=CC(=O)Nc1ccccc1CC(=O)N1CCCC(Cc2nc(C)no2)C1. The maximum absolute atomic E-state index is 12.8. The van der Waals surface area contributed by atoms with Crippen LogP contribution in [-0.4, -0.2) is 39.9 Å². The zero-order chi connectivity index (χ0) is 19.2. The van der Waals surface area contributed by atoms with Gasteiger partial charge in [-0.25, -0.2) is 0 Å². The van der Waals surface area contributed by atoms with Crippen molar-refractivity contribution < 1.29 is 14.1 Å². The molecule has 142 valence electrons. The Morgan fingerprint density at radius 3 is 2.96 bits per heavy atom. The molecular weight excluding hydrogens is 344 g/mol. The maximum Gasteiger partial charge on any atom is 0.247 e. The third-order valence-electron chi connectivity index (χ3n) is 4.71. The lowest BCUT2D eigenvalue weighted by molar-refractivity contribution is -0.132. The molecule has 0 saturated carbocycles. The van der Waals surface area contributed by atoms with Gasteiger partial charge in [0.2, 0.25) is 17.7 Å². The molecule has 1 atom stereocenters. The number of hydrogen-bond donors (Lipinski definition) is 1. The monoisotopic (exact) mass is 368 g/mol. The van der Waals surface area contributed by atoms with Crippen LogP contribution in [0.25, 0.3) is 0 Å². The summed E-state index contributed by atoms with van der Waals surface area (Å²) in [4.78, 5) is 30.6. The number of nitrogens with one attached hydrogen (secondary N) is 1. The lowest BCUT2D eigenvalue weighted by Crippen LogP contribution is -2.41. The summed E-state index contributed by atoms with van der Waals surface area (Å²) in [5.74, 6) is 1.35. The number of anilines is 1. The highest BCUT2D eigenvalue weighted by atomic mass is 16.5. The van der Waals surface area contributed by atoms with E-state index in [0.29, 0.717) is 36.3 Å². The molecule has 1 saturated heterocycles. The van der Waals surface area contributed by atoms with Crippen molar-refractivity contribution >= 4 is 17.5 Å². The van der Waals surface area contributed by atoms with E-state index in [4.69, 9.17) is 4.52 Å². The molecule has 1 aliphatic rings. The number of rotatable bonds is 6. The minimum Gasteiger partial charge on any atom is -0.342 e. The van der Waals surface area contributed by atoms with Crippen LogP contribution in [0, 0.1) is 12.8 Å². The van der Waals surface area contributed by atoms with E-state index < -0.39 is 0 Å². The van der Waals surface area contributed by atoms with Gasteiger partial charge < -0.3 is 14.7 Å². The van der Waals surface area contributed by atoms with Crippen molar-refractivity contribution in [3.05, 3.63) is 54.2 Å². The number of aromatic nitrogens is 2. The van der Waals surface area contributed by atoms with Crippen LogP contribution in [0.4, 0.5) is 5.69 Å². The van der Waals surface area contributed by atoms with Crippen LogP contribution in [-0.2, 0) is 22.4 Å². The number of likely N-dealkylation sites (tertiary alicyclic amines) is 1. The Morgan fingerprint density at radius 1 is 1.41 bits per heavy atom. The van der Waals surface area contributed by atoms with Gasteiger partial charge >= 0.3 is 0 Å². The van der Waals surface area contributed by atoms with E-state index in [0.717, 1.165) is 24.9 Å². The Morgan fingerprint density at radius 2 is 2.22 bits per heavy atom. The molecule has 1 N–H and O–H groups in total. The highest BCUT2D eigenvalue weighted by Crippen LogP contribution is 2.22. The van der Waals surface area contributed by atoms with Crippen molar-refractivity contribution in [1.29, 1.82) is 0 Å². The van der Waals surface area contributed by atoms with Crippen LogP contribution in [0.15, 0.2) is 41.4 Å². The number of amides is 2. The van der Waals surface area contributed by atoms with E-state index >= 15 is 0 Å². The summed E-state index contributed by atoms with van der Waals surface area (Å²) in [7, 11) is 0. The van der Waals surface area contributed by atoms with Crippen molar-refractivity contribution in [2.45, 2.75) is 32.6 Å². The van der Waals surface area contributed by atoms with E-state index in [1.807, 2.05) is 23.1 Å². The Labute approximate surface area is 158 Å². The Kier molecular flexibility index (Phi) is 6.01. The summed E-state index contributed by atoms with van der Waals surface area (Å²) in [6.45, 7) is 6.69. The Balaban J connectivity index is 1.62. The molecule has 0 bridgehead atoms. The number of nitrogens with zero attached hydrogens (tertiary/aromatic N) is 3. The summed E-state index contributed by atoms with van der Waals surface area (Å²) in [6.07, 6.45) is 4.15. The van der Waals surface area contributed by atoms with Gasteiger partial charge in [-0.05, 0) is 43.4 Å². The first kappa shape index (κ1) is 18.8. The van der Waals surface area contributed by atoms with Crippen LogP contribution in [0.2, 0.25) is 0 Å². The molecule has 0 radical (unpaired) electrons. The first-order valence-corrected chi connectivity index (χ1v) is 9.13. The predicted molar refractivity (Wildman–Crippen MR) is 101 cm³/mol. The van der Waals surface area contributed by atoms with Crippen molar-refractivity contribution in [1.82, 2.24) is 15.0 Å². The fraction of sp³-hybridized carbons (Fsp3) is 0.400. The third kappa shape index (κ3) is 5.03. The molecule has 1 aromatic carbocycles. The van der Waals surface area contributed by atoms with Gasteiger partial charge in [-0.15, -0.1) is 0 Å². The third-order valence-corrected chi connectivity index (χ3v) is 4.71. The zero-order valence-corrected chi connectivity index (χ0v) is 15.5. The van der Waals surface area contributed by atoms with Gasteiger partial charge in [0.1, 0.15) is 0 Å². The summed E-state index contributed by atoms with van der Waals surface area (Å²) >= 11 is 0. The number of piperidine rings is 1. The van der Waals surface area contributed by atoms with Crippen molar-refractivity contribution in [3.63, 3.8) is 0 Å². The molecule has 1 aromatic heterocycles. The second-order valence-corrected chi connectivity index (χ2v) is 6.81. The largest absolute Gasteiger partial charge is 0.342 e. The molecule has 0 spiro atoms. The van der Waals surface area contributed by atoms with Crippen LogP contribution in [0.1, 0.15) is 30.1 Å². The van der Waals surface area contributed by atoms with E-state index in [2.05, 4.69) is 22.0 Å². The summed E-state index contributed by atoms with van der Waals surface area (Å²) in [5.41, 5.74) is 1.44. The summed E-state index contributed by atoms with van der Waals surface area (Å²) in [5, 5.41) is 6.58. The minimum atomic E-state index is -0.289. The van der Waals surface area contributed by atoms with Gasteiger partial charge in [0.05, 0.1) is 6.42 Å². The number of para-hydroxylation sites is 1. The molecule has 7 nitrogen and oxygen atoms in total. The summed E-state index contributed by atoms with van der Waals surface area (Å²) in [6, 6.07) is 7.35. The van der Waals surface area contributed by atoms with E-state index in [1.165, 1.54) is 6.08 Å². The van der Waals surface area contributed by atoms with Gasteiger partial charge in [-0.2, -0.15) is 4.98 Å². The number of aryl methyl sites for hydroxylation is 1. The molecule has 1 fully saturated rings. The topological polar surface area (TPSA) is 88.3 Å². The number of benzene rings is 1. The lowest BCUT2D eigenvalue weighted by Gasteiger charge is -2.32. The summed E-state index contributed by atoms with van der Waals surface area (Å²) < 4.78 is 5.21. The number of carbonyl (C=O) groups is 2. The first-order chi connectivity index (χ1) is 13.0. The highest BCUT2D eigenvalue weighted by Gasteiger charge is 2.25. The maximum atomic E-state index is 12.8. The standard InChI is InChI=1S/C20H24N4O3/c1-3-18(25)22-17-9-5-4-8-16(17)12-20(26)24-10-6-7-15(13-24)11-19-21-14(2)23-27-19/h3-5,8-9,15H,1,6-7,10-13H2,2H3,(H,22,25). The van der Waals surface area contributed by atoms with Gasteiger partial charge in [-0.3, -0.25) is 9.59 Å². The molecule has 1 unspecified atom stereocenters. The van der Waals surface area contributed by atoms with Gasteiger partial charge in [-0.1, -0.05) is 29.9 Å². The molecule has 7 heteroatoms. The molecule has 27 heavy (non-hydrogen) atoms. The number of hydrogen-bond acceptors (Lipinski definition) is 5. The van der Waals surface area contributed by atoms with Gasteiger partial charge in [0, 0.05) is 25.2 Å². The van der Waals surface area contributed by atoms with Crippen molar-refractivity contribution in [2.75, 3.05) is 18.4 Å². The highest BCUT2D eigenvalue weighted by molar-refractivity contribution is 5.99. The van der Waals surface area contributed by atoms with Crippen LogP contribution < -0.4 is 5.32 Å². The van der Waals surface area contributed by atoms with Crippen molar-refractivity contribution in [2.24, 2.45) is 5.92 Å². The Hall–Kier alpha value is -2.96. The average Bonchev–Trinajstić information content (AvgIpc) is 3.08. The fourth-order valence-electron chi connectivity index (χ4n) is 3.38. The predicted octanol–water partition coefficient (Wildman–Crippen LogP) is 2.53. The first-order valence-electron chi connectivity index (χ1n) is 9.13. The van der Waals surface area contributed by atoms with E-state index in [1.54, 1.807) is 13.0 Å². The van der Waals surface area contributed by atoms with E-state index in [9.17, 15) is 9.59 Å². The smallest absolute Gasteiger partial charge is 0.247 e. The van der Waals surface area contributed by atoms with Crippen LogP contribution >= 0.6 is 0 Å². The Bertz CT molecular complexity index is 830. The van der Waals surface area contributed by atoms with Crippen LogP contribution in [0.5, 0.6) is 0 Å². The van der Waals surface area contributed by atoms with E-state index in [-0.39, 0.29) is 18.2 Å². The molecule has 1 aliphatic heterocycles. The quantitative estimate of drug-likeness (QED) is 0.792. The minimum absolute atomic E-state index is 0.0571. The second-order valence-electron chi connectivity index (χ2n) is 6.81. The van der Waals surface area contributed by atoms with Gasteiger partial charge in [0.25, 0.3) is 0 Å². The normalized spacial score (nSPS) is 16.8. The molecule has 2 amide bonds. The van der Waals surface area contributed by atoms with Crippen LogP contribution in [0.3, 0.4) is 0 Å². The molecule has 0 aliphatic carbocycles. The fourth-order valence-corrected chi connectivity index (χ4v) is 3.38. The number of carbonyl (C=O) groups excluding carboxylic acids is 2. The second kappa shape index (κ2) is 8.62. The lowest BCUT2D eigenvalue weighted by atomic mass is 9.94. The zero-order valence-electron chi connectivity index (χ0n) is 15.5. The molecule has 2 aromatic rings. The molecule has 2 heterocycles. The molecule has 3 rings (SSSR count). The van der Waals surface area contributed by atoms with Gasteiger partial charge in [0.15, 0.2) is 5.82 Å². The average molecular weight is 368 g/mol.